The fourth-order valence-corrected chi connectivity index (χ4v) is 4.52. The number of rotatable bonds is 7. The first-order valence-electron chi connectivity index (χ1n) is 11.9. The van der Waals surface area contributed by atoms with Crippen LogP contribution in [0.4, 0.5) is 0 Å². The number of hydrogen-bond donors (Lipinski definition) is 2. The van der Waals surface area contributed by atoms with Gasteiger partial charge in [0.2, 0.25) is 0 Å². The number of amides is 2. The summed E-state index contributed by atoms with van der Waals surface area (Å²) < 4.78 is 0. The summed E-state index contributed by atoms with van der Waals surface area (Å²) in [6, 6.07) is 17.8. The summed E-state index contributed by atoms with van der Waals surface area (Å²) in [6.45, 7) is 7.86. The first-order valence-corrected chi connectivity index (χ1v) is 11.9. The van der Waals surface area contributed by atoms with Crippen molar-refractivity contribution in [2.75, 3.05) is 0 Å². The SMILES string of the molecule is Cc1cc(C)cc(C(=O)N[C@H](c2ccncc2)[C@H](NC(=O)c2cc(C)cc(C)c2)c2ccncc2)c1. The summed E-state index contributed by atoms with van der Waals surface area (Å²) in [5.41, 5.74) is 6.82. The van der Waals surface area contributed by atoms with Crippen molar-refractivity contribution in [3.8, 4) is 0 Å². The predicted molar refractivity (Wildman–Crippen MR) is 141 cm³/mol. The van der Waals surface area contributed by atoms with Gasteiger partial charge in [-0.2, -0.15) is 0 Å². The molecule has 0 fully saturated rings. The third-order valence-electron chi connectivity index (χ3n) is 6.00. The Labute approximate surface area is 211 Å². The van der Waals surface area contributed by atoms with Crippen LogP contribution >= 0.6 is 0 Å². The maximum absolute atomic E-state index is 13.5. The van der Waals surface area contributed by atoms with Gasteiger partial charge in [-0.25, -0.2) is 0 Å². The number of aryl methyl sites for hydroxylation is 4. The van der Waals surface area contributed by atoms with Crippen LogP contribution in [0.2, 0.25) is 0 Å². The van der Waals surface area contributed by atoms with Gasteiger partial charge in [0.05, 0.1) is 12.1 Å². The van der Waals surface area contributed by atoms with E-state index in [2.05, 4.69) is 20.6 Å². The van der Waals surface area contributed by atoms with Crippen LogP contribution in [0, 0.1) is 27.7 Å². The summed E-state index contributed by atoms with van der Waals surface area (Å²) in [5, 5.41) is 6.36. The molecule has 0 spiro atoms. The first kappa shape index (κ1) is 24.8. The summed E-state index contributed by atoms with van der Waals surface area (Å²) in [4.78, 5) is 35.2. The lowest BCUT2D eigenvalue weighted by Gasteiger charge is -2.30. The zero-order valence-electron chi connectivity index (χ0n) is 20.9. The fraction of sp³-hybridized carbons (Fsp3) is 0.200. The Morgan fingerprint density at radius 3 is 1.17 bits per heavy atom. The van der Waals surface area contributed by atoms with Gasteiger partial charge in [-0.3, -0.25) is 19.6 Å². The van der Waals surface area contributed by atoms with Crippen molar-refractivity contribution in [1.29, 1.82) is 0 Å². The van der Waals surface area contributed by atoms with E-state index >= 15 is 0 Å². The van der Waals surface area contributed by atoms with Crippen molar-refractivity contribution < 1.29 is 9.59 Å². The lowest BCUT2D eigenvalue weighted by atomic mass is 9.93. The Balaban J connectivity index is 1.75. The Morgan fingerprint density at radius 1 is 0.556 bits per heavy atom. The highest BCUT2D eigenvalue weighted by molar-refractivity contribution is 5.96. The van der Waals surface area contributed by atoms with Gasteiger partial charge in [-0.1, -0.05) is 34.4 Å². The Kier molecular flexibility index (Phi) is 7.54. The second-order valence-electron chi connectivity index (χ2n) is 9.22. The van der Waals surface area contributed by atoms with Crippen LogP contribution in [0.1, 0.15) is 66.2 Å². The normalized spacial score (nSPS) is 12.4. The number of carbonyl (C=O) groups excluding carboxylic acids is 2. The molecule has 6 heteroatoms. The predicted octanol–water partition coefficient (Wildman–Crippen LogP) is 5.35. The summed E-state index contributed by atoms with van der Waals surface area (Å²) in [6.07, 6.45) is 6.72. The van der Waals surface area contributed by atoms with Gasteiger partial charge in [0, 0.05) is 35.9 Å². The number of carbonyl (C=O) groups is 2. The second-order valence-corrected chi connectivity index (χ2v) is 9.22. The van der Waals surface area contributed by atoms with Crippen LogP contribution in [0.15, 0.2) is 85.5 Å². The van der Waals surface area contributed by atoms with Crippen molar-refractivity contribution in [2.45, 2.75) is 39.8 Å². The third kappa shape index (κ3) is 6.02. The molecule has 182 valence electrons. The molecule has 4 aromatic rings. The number of benzene rings is 2. The van der Waals surface area contributed by atoms with Gasteiger partial charge < -0.3 is 10.6 Å². The molecule has 0 aliphatic rings. The topological polar surface area (TPSA) is 84.0 Å². The van der Waals surface area contributed by atoms with E-state index in [1.165, 1.54) is 0 Å². The highest BCUT2D eigenvalue weighted by Crippen LogP contribution is 2.30. The van der Waals surface area contributed by atoms with Gasteiger partial charge in [0.25, 0.3) is 11.8 Å². The average molecular weight is 479 g/mol. The van der Waals surface area contributed by atoms with Crippen molar-refractivity contribution in [3.05, 3.63) is 130 Å². The van der Waals surface area contributed by atoms with Crippen molar-refractivity contribution >= 4 is 11.8 Å². The van der Waals surface area contributed by atoms with E-state index in [4.69, 9.17) is 0 Å². The van der Waals surface area contributed by atoms with Gasteiger partial charge in [-0.15, -0.1) is 0 Å². The smallest absolute Gasteiger partial charge is 0.251 e. The fourth-order valence-electron chi connectivity index (χ4n) is 4.52. The minimum Gasteiger partial charge on any atom is -0.343 e. The summed E-state index contributed by atoms with van der Waals surface area (Å²) in [5.74, 6) is -0.438. The maximum Gasteiger partial charge on any atom is 0.251 e. The molecule has 2 aromatic heterocycles. The molecule has 0 bridgehead atoms. The molecular weight excluding hydrogens is 448 g/mol. The molecule has 2 aromatic carbocycles. The zero-order chi connectivity index (χ0) is 25.7. The van der Waals surface area contributed by atoms with Crippen LogP contribution in [-0.4, -0.2) is 21.8 Å². The minimum atomic E-state index is -0.557. The molecule has 0 unspecified atom stereocenters. The second kappa shape index (κ2) is 11.0. The highest BCUT2D eigenvalue weighted by atomic mass is 16.2. The average Bonchev–Trinajstić information content (AvgIpc) is 2.85. The Hall–Kier alpha value is -4.32. The van der Waals surface area contributed by atoms with E-state index in [0.29, 0.717) is 11.1 Å². The van der Waals surface area contributed by atoms with Crippen molar-refractivity contribution in [2.24, 2.45) is 0 Å². The molecule has 0 saturated carbocycles. The molecule has 2 heterocycles. The standard InChI is InChI=1S/C30H30N4O2/c1-19-13-20(2)16-25(15-19)29(35)33-27(23-5-9-31-10-6-23)28(24-7-11-32-12-8-24)34-30(36)26-17-21(3)14-22(4)18-26/h5-18,27-28H,1-4H3,(H,33,35)(H,34,36)/t27-,28-/m1/s1. The van der Waals surface area contributed by atoms with E-state index in [1.807, 2.05) is 88.4 Å². The molecule has 36 heavy (non-hydrogen) atoms. The minimum absolute atomic E-state index is 0.219. The Bertz CT molecular complexity index is 1220. The van der Waals surface area contributed by atoms with Crippen LogP contribution in [0.25, 0.3) is 0 Å². The molecular formula is C30H30N4O2. The van der Waals surface area contributed by atoms with Crippen LogP contribution in [0.5, 0.6) is 0 Å². The monoisotopic (exact) mass is 478 g/mol. The number of nitrogens with one attached hydrogen (secondary N) is 2. The van der Waals surface area contributed by atoms with E-state index in [0.717, 1.165) is 33.4 Å². The van der Waals surface area contributed by atoms with Crippen LogP contribution in [0.3, 0.4) is 0 Å². The quantitative estimate of drug-likeness (QED) is 0.375. The van der Waals surface area contributed by atoms with Gasteiger partial charge >= 0.3 is 0 Å². The summed E-state index contributed by atoms with van der Waals surface area (Å²) in [7, 11) is 0. The molecule has 0 saturated heterocycles. The molecule has 4 rings (SSSR count). The van der Waals surface area contributed by atoms with Gasteiger partial charge in [-0.05, 0) is 87.4 Å². The molecule has 0 aliphatic carbocycles. The van der Waals surface area contributed by atoms with E-state index < -0.39 is 12.1 Å². The van der Waals surface area contributed by atoms with Crippen molar-refractivity contribution in [1.82, 2.24) is 20.6 Å². The van der Waals surface area contributed by atoms with Crippen LogP contribution < -0.4 is 10.6 Å². The van der Waals surface area contributed by atoms with E-state index in [1.54, 1.807) is 24.8 Å². The molecule has 0 aliphatic heterocycles. The first-order chi connectivity index (χ1) is 17.3. The number of hydrogen-bond acceptors (Lipinski definition) is 4. The lowest BCUT2D eigenvalue weighted by Crippen LogP contribution is -2.41. The summed E-state index contributed by atoms with van der Waals surface area (Å²) >= 11 is 0. The Morgan fingerprint density at radius 2 is 0.861 bits per heavy atom. The zero-order valence-corrected chi connectivity index (χ0v) is 20.9. The van der Waals surface area contributed by atoms with E-state index in [-0.39, 0.29) is 11.8 Å². The largest absolute Gasteiger partial charge is 0.343 e. The third-order valence-corrected chi connectivity index (χ3v) is 6.00. The maximum atomic E-state index is 13.5. The van der Waals surface area contributed by atoms with Gasteiger partial charge in [0.1, 0.15) is 0 Å². The van der Waals surface area contributed by atoms with Crippen LogP contribution in [-0.2, 0) is 0 Å². The molecule has 2 atom stereocenters. The van der Waals surface area contributed by atoms with Crippen molar-refractivity contribution in [3.63, 3.8) is 0 Å². The molecule has 6 nitrogen and oxygen atoms in total. The van der Waals surface area contributed by atoms with Gasteiger partial charge in [0.15, 0.2) is 0 Å². The highest BCUT2D eigenvalue weighted by Gasteiger charge is 2.29. The molecule has 0 radical (unpaired) electrons. The van der Waals surface area contributed by atoms with E-state index in [9.17, 15) is 9.59 Å². The molecule has 2 N–H and O–H groups in total. The molecule has 2 amide bonds. The lowest BCUT2D eigenvalue weighted by molar-refractivity contribution is 0.0881. The number of aromatic nitrogens is 2. The number of pyridine rings is 2. The number of nitrogens with zero attached hydrogens (tertiary/aromatic N) is 2.